The number of rotatable bonds is 22. The Balaban J connectivity index is 2.13. The number of aliphatic hydroxyl groups is 1. The molecule has 2 aromatic rings. The number of benzene rings is 2. The molecule has 0 aromatic heterocycles. The summed E-state index contributed by atoms with van der Waals surface area (Å²) in [5.41, 5.74) is 18.5. The summed E-state index contributed by atoms with van der Waals surface area (Å²) in [6, 6.07) is 11.2. The molecule has 6 atom stereocenters. The van der Waals surface area contributed by atoms with Gasteiger partial charge < -0.3 is 53.7 Å². The molecular formula is C35H51N9O7S. The zero-order valence-corrected chi connectivity index (χ0v) is 30.3. The van der Waals surface area contributed by atoms with Gasteiger partial charge in [-0.1, -0.05) is 74.5 Å². The standard InChI is InChI=1S/C35H51N9O7S/c1-21(2)29(34(51)40-24(18-45)16-22-10-5-3-6-11-22)44-31(48)26(14-9-15-39-35(37)38)41-32(49)27(19-46)42-33(50)28(20-52)43-30(47)25(36)17-23-12-7-4-8-13-23/h3-8,10-13,18,21,24-29,46,52H,9,14-17,19-20,36H2,1-2H3,(H,40,51)(H,41,49)(H,42,50)(H,43,47)(H,44,48)(H4,37,38,39)/t24-,25-,26-,27-,28-,29-/m0/s1. The van der Waals surface area contributed by atoms with Crippen LogP contribution in [0.3, 0.4) is 0 Å². The first-order chi connectivity index (χ1) is 24.8. The van der Waals surface area contributed by atoms with Gasteiger partial charge in [-0.3, -0.25) is 29.0 Å². The van der Waals surface area contributed by atoms with Crippen molar-refractivity contribution in [3.8, 4) is 0 Å². The van der Waals surface area contributed by atoms with E-state index in [0.717, 1.165) is 11.1 Å². The number of carbonyl (C=O) groups is 6. The molecule has 284 valence electrons. The topological polar surface area (TPSA) is 273 Å². The van der Waals surface area contributed by atoms with Gasteiger partial charge in [0.05, 0.1) is 18.7 Å². The van der Waals surface area contributed by atoms with Crippen molar-refractivity contribution in [2.75, 3.05) is 18.9 Å². The Bertz CT molecular complexity index is 1490. The average molecular weight is 742 g/mol. The largest absolute Gasteiger partial charge is 0.394 e. The van der Waals surface area contributed by atoms with Crippen LogP contribution in [0.4, 0.5) is 0 Å². The van der Waals surface area contributed by atoms with Crippen molar-refractivity contribution in [3.05, 3.63) is 71.8 Å². The lowest BCUT2D eigenvalue weighted by molar-refractivity contribution is -0.135. The highest BCUT2D eigenvalue weighted by Crippen LogP contribution is 2.08. The number of aliphatic hydroxyl groups excluding tert-OH is 1. The molecule has 0 bridgehead atoms. The lowest BCUT2D eigenvalue weighted by Crippen LogP contribution is -2.60. The number of nitrogens with zero attached hydrogens (tertiary/aromatic N) is 1. The van der Waals surface area contributed by atoms with E-state index < -0.39 is 78.3 Å². The highest BCUT2D eigenvalue weighted by molar-refractivity contribution is 7.80. The molecule has 0 aliphatic rings. The molecule has 0 spiro atoms. The van der Waals surface area contributed by atoms with E-state index >= 15 is 0 Å². The summed E-state index contributed by atoms with van der Waals surface area (Å²) in [7, 11) is 0. The SMILES string of the molecule is CC(C)[C@H](NC(=O)[C@H](CCCN=C(N)N)NC(=O)[C@H](CO)NC(=O)[C@H](CS)NC(=O)[C@@H](N)Cc1ccccc1)C(=O)N[C@H](C=O)Cc1ccccc1. The number of carbonyl (C=O) groups excluding carboxylic acids is 6. The third kappa shape index (κ3) is 15.1. The first kappa shape index (κ1) is 43.2. The Labute approximate surface area is 308 Å². The minimum absolute atomic E-state index is 0.00643. The number of nitrogens with two attached hydrogens (primary N) is 3. The summed E-state index contributed by atoms with van der Waals surface area (Å²) >= 11 is 4.15. The predicted octanol–water partition coefficient (Wildman–Crippen LogP) is -1.95. The Kier molecular flexibility index (Phi) is 18.9. The van der Waals surface area contributed by atoms with Gasteiger partial charge in [0.1, 0.15) is 30.5 Å². The second kappa shape index (κ2) is 22.7. The van der Waals surface area contributed by atoms with Gasteiger partial charge in [0, 0.05) is 12.3 Å². The number of guanidine groups is 1. The number of aldehydes is 1. The maximum absolute atomic E-state index is 13.6. The summed E-state index contributed by atoms with van der Waals surface area (Å²) in [5, 5.41) is 22.8. The van der Waals surface area contributed by atoms with Crippen LogP contribution in [0, 0.1) is 5.92 Å². The first-order valence-corrected chi connectivity index (χ1v) is 17.5. The van der Waals surface area contributed by atoms with Gasteiger partial charge >= 0.3 is 0 Å². The molecule has 0 radical (unpaired) electrons. The van der Waals surface area contributed by atoms with E-state index in [1.54, 1.807) is 26.0 Å². The lowest BCUT2D eigenvalue weighted by atomic mass is 10.0. The highest BCUT2D eigenvalue weighted by Gasteiger charge is 2.32. The molecule has 0 fully saturated rings. The Morgan fingerprint density at radius 1 is 0.750 bits per heavy atom. The number of thiol groups is 1. The summed E-state index contributed by atoms with van der Waals surface area (Å²) < 4.78 is 0. The van der Waals surface area contributed by atoms with Crippen LogP contribution in [0.2, 0.25) is 0 Å². The normalized spacial score (nSPS) is 14.3. The quantitative estimate of drug-likeness (QED) is 0.0210. The molecule has 0 saturated carbocycles. The van der Waals surface area contributed by atoms with E-state index in [0.29, 0.717) is 6.29 Å². The van der Waals surface area contributed by atoms with Gasteiger partial charge in [-0.15, -0.1) is 0 Å². The van der Waals surface area contributed by atoms with Crippen LogP contribution in [0.15, 0.2) is 65.7 Å². The fourth-order valence-corrected chi connectivity index (χ4v) is 5.26. The molecule has 0 unspecified atom stereocenters. The number of hydrogen-bond acceptors (Lipinski definition) is 10. The van der Waals surface area contributed by atoms with Gasteiger partial charge in [-0.25, -0.2) is 0 Å². The van der Waals surface area contributed by atoms with E-state index in [4.69, 9.17) is 17.2 Å². The number of amides is 5. The summed E-state index contributed by atoms with van der Waals surface area (Å²) in [6.07, 6.45) is 1.30. The molecule has 5 amide bonds. The fraction of sp³-hybridized carbons (Fsp3) is 0.457. The number of nitrogens with one attached hydrogen (secondary N) is 5. The minimum atomic E-state index is -1.53. The molecule has 52 heavy (non-hydrogen) atoms. The van der Waals surface area contributed by atoms with Crippen molar-refractivity contribution in [1.82, 2.24) is 26.6 Å². The van der Waals surface area contributed by atoms with Crippen LogP contribution in [0.1, 0.15) is 37.8 Å². The number of hydrogen-bond donors (Lipinski definition) is 10. The van der Waals surface area contributed by atoms with Gasteiger partial charge in [-0.05, 0) is 42.7 Å². The van der Waals surface area contributed by atoms with Crippen molar-refractivity contribution >= 4 is 54.4 Å². The first-order valence-electron chi connectivity index (χ1n) is 16.9. The lowest BCUT2D eigenvalue weighted by Gasteiger charge is -2.27. The van der Waals surface area contributed by atoms with Gasteiger partial charge in [0.2, 0.25) is 29.5 Å². The molecule has 0 aliphatic heterocycles. The summed E-state index contributed by atoms with van der Waals surface area (Å²) in [4.78, 5) is 81.8. The van der Waals surface area contributed by atoms with Crippen molar-refractivity contribution in [3.63, 3.8) is 0 Å². The molecule has 2 rings (SSSR count). The van der Waals surface area contributed by atoms with E-state index in [2.05, 4.69) is 44.2 Å². The monoisotopic (exact) mass is 741 g/mol. The maximum Gasteiger partial charge on any atom is 0.245 e. The van der Waals surface area contributed by atoms with Crippen LogP contribution in [0.25, 0.3) is 0 Å². The highest BCUT2D eigenvalue weighted by atomic mass is 32.1. The van der Waals surface area contributed by atoms with Gasteiger partial charge in [0.25, 0.3) is 0 Å². The molecule has 2 aromatic carbocycles. The molecule has 17 heteroatoms. The zero-order chi connectivity index (χ0) is 38.6. The molecular weight excluding hydrogens is 691 g/mol. The Morgan fingerprint density at radius 3 is 1.79 bits per heavy atom. The van der Waals surface area contributed by atoms with Gasteiger partial charge in [-0.2, -0.15) is 12.6 Å². The van der Waals surface area contributed by atoms with Crippen LogP contribution < -0.4 is 43.8 Å². The summed E-state index contributed by atoms with van der Waals surface area (Å²) in [6.45, 7) is 2.66. The second-order valence-corrected chi connectivity index (χ2v) is 12.8. The fourth-order valence-electron chi connectivity index (χ4n) is 5.01. The van der Waals surface area contributed by atoms with Crippen molar-refractivity contribution in [2.45, 2.75) is 75.8 Å². The maximum atomic E-state index is 13.6. The van der Waals surface area contributed by atoms with E-state index in [-0.39, 0.29) is 43.9 Å². The van der Waals surface area contributed by atoms with Crippen LogP contribution in [-0.2, 0) is 41.6 Å². The Hall–Kier alpha value is -5.00. The van der Waals surface area contributed by atoms with Crippen molar-refractivity contribution < 1.29 is 33.9 Å². The van der Waals surface area contributed by atoms with Gasteiger partial charge in [0.15, 0.2) is 5.96 Å². The van der Waals surface area contributed by atoms with Crippen molar-refractivity contribution in [1.29, 1.82) is 0 Å². The number of aliphatic imine (C=N–C) groups is 1. The Morgan fingerprint density at radius 2 is 1.27 bits per heavy atom. The molecule has 0 heterocycles. The van der Waals surface area contributed by atoms with Crippen LogP contribution in [0.5, 0.6) is 0 Å². The van der Waals surface area contributed by atoms with Crippen LogP contribution >= 0.6 is 12.6 Å². The third-order valence-corrected chi connectivity index (χ3v) is 8.25. The van der Waals surface area contributed by atoms with E-state index in [9.17, 15) is 33.9 Å². The molecule has 0 aliphatic carbocycles. The smallest absolute Gasteiger partial charge is 0.245 e. The minimum Gasteiger partial charge on any atom is -0.394 e. The average Bonchev–Trinajstić information content (AvgIpc) is 3.12. The molecule has 0 saturated heterocycles. The molecule has 12 N–H and O–H groups in total. The third-order valence-electron chi connectivity index (χ3n) is 7.88. The molecule has 16 nitrogen and oxygen atoms in total. The van der Waals surface area contributed by atoms with E-state index in [1.165, 1.54) is 0 Å². The van der Waals surface area contributed by atoms with Crippen molar-refractivity contribution in [2.24, 2.45) is 28.1 Å². The van der Waals surface area contributed by atoms with Crippen LogP contribution in [-0.4, -0.2) is 102 Å². The zero-order valence-electron chi connectivity index (χ0n) is 29.4. The summed E-state index contributed by atoms with van der Waals surface area (Å²) in [5.74, 6) is -4.46. The predicted molar refractivity (Wildman–Crippen MR) is 200 cm³/mol. The second-order valence-electron chi connectivity index (χ2n) is 12.5. The van der Waals surface area contributed by atoms with E-state index in [1.807, 2.05) is 48.5 Å².